The Morgan fingerprint density at radius 2 is 1.88 bits per heavy atom. The Labute approximate surface area is 156 Å². The Kier molecular flexibility index (Phi) is 5.12. The molecule has 2 heterocycles. The van der Waals surface area contributed by atoms with E-state index in [0.717, 1.165) is 47.8 Å². The summed E-state index contributed by atoms with van der Waals surface area (Å²) in [5, 5.41) is 3.11. The van der Waals surface area contributed by atoms with Gasteiger partial charge in [0.1, 0.15) is 0 Å². The number of hydrogen-bond acceptors (Lipinski definition) is 3. The third-order valence-corrected chi connectivity index (χ3v) is 4.83. The summed E-state index contributed by atoms with van der Waals surface area (Å²) in [6.45, 7) is 11.3. The summed E-state index contributed by atoms with van der Waals surface area (Å²) >= 11 is 0. The van der Waals surface area contributed by atoms with E-state index in [4.69, 9.17) is 4.42 Å². The second-order valence-corrected chi connectivity index (χ2v) is 8.60. The first-order chi connectivity index (χ1) is 12.2. The van der Waals surface area contributed by atoms with Crippen molar-refractivity contribution in [2.75, 3.05) is 16.8 Å². The molecule has 0 saturated carbocycles. The van der Waals surface area contributed by atoms with Crippen molar-refractivity contribution < 1.29 is 9.21 Å². The van der Waals surface area contributed by atoms with Gasteiger partial charge in [0.2, 0.25) is 11.8 Å². The topological polar surface area (TPSA) is 45.5 Å². The molecule has 4 heteroatoms. The monoisotopic (exact) mass is 354 g/mol. The summed E-state index contributed by atoms with van der Waals surface area (Å²) in [4.78, 5) is 14.6. The Balaban J connectivity index is 1.87. The van der Waals surface area contributed by atoms with E-state index in [9.17, 15) is 4.79 Å². The lowest BCUT2D eigenvalue weighted by Crippen LogP contribution is -2.21. The van der Waals surface area contributed by atoms with Crippen LogP contribution in [0, 0.1) is 19.3 Å². The van der Waals surface area contributed by atoms with E-state index in [-0.39, 0.29) is 11.3 Å². The molecule has 0 spiro atoms. The zero-order valence-corrected chi connectivity index (χ0v) is 16.6. The van der Waals surface area contributed by atoms with Crippen LogP contribution in [0.3, 0.4) is 0 Å². The first kappa shape index (κ1) is 18.6. The fourth-order valence-corrected chi connectivity index (χ4v) is 3.65. The van der Waals surface area contributed by atoms with Crippen molar-refractivity contribution in [1.29, 1.82) is 0 Å². The van der Waals surface area contributed by atoms with E-state index in [1.165, 1.54) is 12.0 Å². The molecule has 0 atom stereocenters. The van der Waals surface area contributed by atoms with Crippen LogP contribution in [0.5, 0.6) is 0 Å². The number of hydrogen-bond donors (Lipinski definition) is 1. The number of amides is 1. The summed E-state index contributed by atoms with van der Waals surface area (Å²) in [6, 6.07) is 6.38. The molecule has 1 aromatic carbocycles. The van der Waals surface area contributed by atoms with Crippen molar-refractivity contribution in [2.24, 2.45) is 5.41 Å². The van der Waals surface area contributed by atoms with Crippen LogP contribution in [-0.2, 0) is 11.2 Å². The maximum absolute atomic E-state index is 12.4. The molecule has 1 N–H and O–H groups in total. The Morgan fingerprint density at radius 3 is 2.54 bits per heavy atom. The van der Waals surface area contributed by atoms with Crippen molar-refractivity contribution in [3.63, 3.8) is 0 Å². The fourth-order valence-electron chi connectivity index (χ4n) is 3.65. The fraction of sp³-hybridized carbons (Fsp3) is 0.500. The minimum atomic E-state index is -0.0203. The molecule has 1 aliphatic heterocycles. The zero-order chi connectivity index (χ0) is 18.9. The summed E-state index contributed by atoms with van der Waals surface area (Å²) in [5.74, 6) is 1.03. The molecule has 26 heavy (non-hydrogen) atoms. The van der Waals surface area contributed by atoms with Gasteiger partial charge in [0.05, 0.1) is 6.26 Å². The highest BCUT2D eigenvalue weighted by atomic mass is 16.3. The van der Waals surface area contributed by atoms with Crippen LogP contribution in [0.4, 0.5) is 17.3 Å². The zero-order valence-electron chi connectivity index (χ0n) is 16.6. The Hall–Kier alpha value is -2.23. The average molecular weight is 354 g/mol. The van der Waals surface area contributed by atoms with E-state index < -0.39 is 0 Å². The minimum Gasteiger partial charge on any atom is -0.448 e. The first-order valence-electron chi connectivity index (χ1n) is 9.49. The minimum absolute atomic E-state index is 0.0203. The third kappa shape index (κ3) is 4.12. The van der Waals surface area contributed by atoms with Crippen molar-refractivity contribution in [3.8, 4) is 0 Å². The molecule has 0 radical (unpaired) electrons. The molecule has 0 unspecified atom stereocenters. The molecular weight excluding hydrogens is 324 g/mol. The van der Waals surface area contributed by atoms with Gasteiger partial charge < -0.3 is 14.6 Å². The van der Waals surface area contributed by atoms with Gasteiger partial charge in [0.25, 0.3) is 0 Å². The van der Waals surface area contributed by atoms with Crippen LogP contribution >= 0.6 is 0 Å². The molecule has 0 bridgehead atoms. The van der Waals surface area contributed by atoms with Gasteiger partial charge in [-0.1, -0.05) is 20.8 Å². The highest BCUT2D eigenvalue weighted by molar-refractivity contribution is 5.93. The number of benzene rings is 1. The SMILES string of the molecule is Cc1cc(N2CCCCc3ccoc32)cc(C)c1NC(=O)CC(C)(C)C. The summed E-state index contributed by atoms with van der Waals surface area (Å²) in [6.07, 6.45) is 5.69. The van der Waals surface area contributed by atoms with Crippen molar-refractivity contribution in [3.05, 3.63) is 41.2 Å². The molecule has 1 amide bonds. The molecule has 0 aliphatic carbocycles. The molecular formula is C22H30N2O2. The highest BCUT2D eigenvalue weighted by Gasteiger charge is 2.22. The van der Waals surface area contributed by atoms with E-state index >= 15 is 0 Å². The smallest absolute Gasteiger partial charge is 0.224 e. The number of furan rings is 1. The third-order valence-electron chi connectivity index (χ3n) is 4.83. The number of carbonyl (C=O) groups is 1. The van der Waals surface area contributed by atoms with Gasteiger partial charge in [-0.25, -0.2) is 0 Å². The standard InChI is InChI=1S/C22H30N2O2/c1-15-12-18(24-10-7-6-8-17-9-11-26-21(17)24)13-16(2)20(15)23-19(25)14-22(3,4)5/h9,11-13H,6-8,10,14H2,1-5H3,(H,23,25). The van der Waals surface area contributed by atoms with Gasteiger partial charge in [-0.2, -0.15) is 0 Å². The predicted molar refractivity (Wildman–Crippen MR) is 107 cm³/mol. The molecule has 1 aliphatic rings. The van der Waals surface area contributed by atoms with Gasteiger partial charge in [-0.05, 0) is 67.9 Å². The van der Waals surface area contributed by atoms with Crippen LogP contribution in [0.1, 0.15) is 56.7 Å². The second-order valence-electron chi connectivity index (χ2n) is 8.60. The van der Waals surface area contributed by atoms with Crippen LogP contribution < -0.4 is 10.2 Å². The summed E-state index contributed by atoms with van der Waals surface area (Å²) in [7, 11) is 0. The molecule has 1 aromatic heterocycles. The van der Waals surface area contributed by atoms with E-state index in [2.05, 4.69) is 63.0 Å². The highest BCUT2D eigenvalue weighted by Crippen LogP contribution is 2.36. The van der Waals surface area contributed by atoms with E-state index in [1.807, 2.05) is 0 Å². The lowest BCUT2D eigenvalue weighted by molar-refractivity contribution is -0.117. The summed E-state index contributed by atoms with van der Waals surface area (Å²) in [5.41, 5.74) is 5.48. The van der Waals surface area contributed by atoms with Crippen LogP contribution in [0.25, 0.3) is 0 Å². The molecule has 0 fully saturated rings. The van der Waals surface area contributed by atoms with Crippen LogP contribution in [0.2, 0.25) is 0 Å². The number of aryl methyl sites for hydroxylation is 3. The van der Waals surface area contributed by atoms with Gasteiger partial charge in [0, 0.05) is 29.9 Å². The normalized spacial score (nSPS) is 14.7. The first-order valence-corrected chi connectivity index (χ1v) is 9.49. The number of fused-ring (bicyclic) bond motifs is 1. The molecule has 4 nitrogen and oxygen atoms in total. The Bertz CT molecular complexity index is 776. The average Bonchev–Trinajstić information content (AvgIpc) is 2.88. The van der Waals surface area contributed by atoms with Crippen molar-refractivity contribution in [1.82, 2.24) is 0 Å². The number of nitrogens with one attached hydrogen (secondary N) is 1. The van der Waals surface area contributed by atoms with Crippen LogP contribution in [0.15, 0.2) is 28.9 Å². The lowest BCUT2D eigenvalue weighted by atomic mass is 9.92. The van der Waals surface area contributed by atoms with Crippen molar-refractivity contribution in [2.45, 2.75) is 60.3 Å². The largest absolute Gasteiger partial charge is 0.448 e. The number of nitrogens with zero attached hydrogens (tertiary/aromatic N) is 1. The van der Waals surface area contributed by atoms with E-state index in [1.54, 1.807) is 6.26 Å². The maximum atomic E-state index is 12.4. The maximum Gasteiger partial charge on any atom is 0.224 e. The van der Waals surface area contributed by atoms with Gasteiger partial charge in [0.15, 0.2) is 0 Å². The molecule has 0 saturated heterocycles. The number of anilines is 3. The van der Waals surface area contributed by atoms with Gasteiger partial charge in [-0.15, -0.1) is 0 Å². The molecule has 140 valence electrons. The van der Waals surface area contributed by atoms with Crippen molar-refractivity contribution >= 4 is 23.2 Å². The second kappa shape index (κ2) is 7.18. The molecule has 2 aromatic rings. The quantitative estimate of drug-likeness (QED) is 0.764. The number of carbonyl (C=O) groups excluding carboxylic acids is 1. The van der Waals surface area contributed by atoms with E-state index in [0.29, 0.717) is 6.42 Å². The lowest BCUT2D eigenvalue weighted by Gasteiger charge is -2.24. The predicted octanol–water partition coefficient (Wildman–Crippen LogP) is 5.75. The number of rotatable bonds is 3. The Morgan fingerprint density at radius 1 is 1.19 bits per heavy atom. The van der Waals surface area contributed by atoms with Gasteiger partial charge >= 0.3 is 0 Å². The summed E-state index contributed by atoms with van der Waals surface area (Å²) < 4.78 is 5.79. The molecule has 3 rings (SSSR count). The van der Waals surface area contributed by atoms with Crippen LogP contribution in [-0.4, -0.2) is 12.5 Å². The van der Waals surface area contributed by atoms with Gasteiger partial charge in [-0.3, -0.25) is 4.79 Å².